The number of benzene rings is 2. The van der Waals surface area contributed by atoms with Gasteiger partial charge in [-0.1, -0.05) is 54.6 Å². The van der Waals surface area contributed by atoms with E-state index >= 15 is 0 Å². The van der Waals surface area contributed by atoms with Gasteiger partial charge in [0.2, 0.25) is 0 Å². The third-order valence-corrected chi connectivity index (χ3v) is 5.75. The molecule has 2 N–H and O–H groups in total. The van der Waals surface area contributed by atoms with Gasteiger partial charge in [0.15, 0.2) is 0 Å². The summed E-state index contributed by atoms with van der Waals surface area (Å²) in [7, 11) is 0. The molecule has 0 bridgehead atoms. The fourth-order valence-electron chi connectivity index (χ4n) is 4.39. The molecule has 1 heterocycles. The van der Waals surface area contributed by atoms with Crippen LogP contribution in [0.5, 0.6) is 0 Å². The molecule has 25 heavy (non-hydrogen) atoms. The number of ether oxygens (including phenoxy) is 1. The summed E-state index contributed by atoms with van der Waals surface area (Å²) >= 11 is 0. The van der Waals surface area contributed by atoms with Crippen LogP contribution in [0.3, 0.4) is 0 Å². The standard InChI is InChI=1S/C22H25NO2/c24-21(20-12-6-8-17-7-4-5-11-19(17)20)25-22(13-15-23-16-14-22)18-9-2-1-3-10-18/h1-5,7,9-11,20,23H,6,8,12-16H2/p+1. The number of carbonyl (C=O) groups is 1. The van der Waals surface area contributed by atoms with E-state index in [2.05, 4.69) is 35.6 Å². The van der Waals surface area contributed by atoms with Crippen molar-refractivity contribution in [1.82, 2.24) is 0 Å². The lowest BCUT2D eigenvalue weighted by molar-refractivity contribution is -0.668. The molecule has 0 aromatic heterocycles. The van der Waals surface area contributed by atoms with Gasteiger partial charge in [-0.25, -0.2) is 0 Å². The summed E-state index contributed by atoms with van der Waals surface area (Å²) < 4.78 is 6.30. The normalized spacial score (nSPS) is 22.0. The molecule has 0 radical (unpaired) electrons. The highest BCUT2D eigenvalue weighted by Crippen LogP contribution is 2.38. The molecule has 1 saturated heterocycles. The van der Waals surface area contributed by atoms with Crippen LogP contribution in [0.1, 0.15) is 48.3 Å². The molecule has 130 valence electrons. The number of carbonyl (C=O) groups excluding carboxylic acids is 1. The third kappa shape index (κ3) is 3.21. The molecule has 3 heteroatoms. The van der Waals surface area contributed by atoms with Crippen LogP contribution >= 0.6 is 0 Å². The molecule has 1 aliphatic carbocycles. The first kappa shape index (κ1) is 16.3. The van der Waals surface area contributed by atoms with Crippen molar-refractivity contribution in [2.75, 3.05) is 13.1 Å². The first-order valence-corrected chi connectivity index (χ1v) is 9.46. The number of nitrogens with two attached hydrogens (primary N) is 1. The van der Waals surface area contributed by atoms with Crippen molar-refractivity contribution >= 4 is 5.97 Å². The fraction of sp³-hybridized carbons (Fsp3) is 0.409. The van der Waals surface area contributed by atoms with E-state index in [1.807, 2.05) is 24.3 Å². The van der Waals surface area contributed by atoms with Crippen LogP contribution in [0.2, 0.25) is 0 Å². The molecule has 2 aromatic carbocycles. The number of rotatable bonds is 3. The van der Waals surface area contributed by atoms with Crippen molar-refractivity contribution in [1.29, 1.82) is 0 Å². The van der Waals surface area contributed by atoms with E-state index in [1.54, 1.807) is 0 Å². The molecule has 0 amide bonds. The van der Waals surface area contributed by atoms with Crippen LogP contribution < -0.4 is 5.32 Å². The summed E-state index contributed by atoms with van der Waals surface area (Å²) in [5.41, 5.74) is 3.16. The molecule has 0 saturated carbocycles. The van der Waals surface area contributed by atoms with Gasteiger partial charge in [0.1, 0.15) is 5.60 Å². The van der Waals surface area contributed by atoms with Gasteiger partial charge in [-0.15, -0.1) is 0 Å². The summed E-state index contributed by atoms with van der Waals surface area (Å²) in [6.07, 6.45) is 4.79. The average Bonchev–Trinajstić information content (AvgIpc) is 2.69. The van der Waals surface area contributed by atoms with Gasteiger partial charge in [-0.2, -0.15) is 0 Å². The quantitative estimate of drug-likeness (QED) is 0.876. The van der Waals surface area contributed by atoms with Crippen LogP contribution in [0.15, 0.2) is 54.6 Å². The average molecular weight is 336 g/mol. The molecular formula is C22H26NO2+. The second-order valence-corrected chi connectivity index (χ2v) is 7.29. The highest BCUT2D eigenvalue weighted by Gasteiger charge is 2.41. The lowest BCUT2D eigenvalue weighted by atomic mass is 9.81. The van der Waals surface area contributed by atoms with Crippen molar-refractivity contribution in [2.45, 2.75) is 43.6 Å². The lowest BCUT2D eigenvalue weighted by Crippen LogP contribution is -2.87. The van der Waals surface area contributed by atoms with E-state index in [0.29, 0.717) is 0 Å². The highest BCUT2D eigenvalue weighted by atomic mass is 16.6. The predicted octanol–water partition coefficient (Wildman–Crippen LogP) is 2.90. The number of quaternary nitrogens is 1. The van der Waals surface area contributed by atoms with E-state index in [0.717, 1.165) is 50.8 Å². The van der Waals surface area contributed by atoms with Gasteiger partial charge in [-0.05, 0) is 36.0 Å². The van der Waals surface area contributed by atoms with E-state index in [4.69, 9.17) is 4.74 Å². The number of fused-ring (bicyclic) bond motifs is 1. The Balaban J connectivity index is 1.62. The molecule has 2 aromatic rings. The number of piperidine rings is 1. The first-order valence-electron chi connectivity index (χ1n) is 9.46. The van der Waals surface area contributed by atoms with Crippen LogP contribution in [-0.2, 0) is 21.6 Å². The predicted molar refractivity (Wildman–Crippen MR) is 97.2 cm³/mol. The van der Waals surface area contributed by atoms with Crippen LogP contribution in [0.25, 0.3) is 0 Å². The van der Waals surface area contributed by atoms with E-state index in [9.17, 15) is 4.79 Å². The van der Waals surface area contributed by atoms with Crippen LogP contribution in [0.4, 0.5) is 0 Å². The first-order chi connectivity index (χ1) is 12.3. The Morgan fingerprint density at radius 2 is 1.72 bits per heavy atom. The molecule has 1 unspecified atom stereocenters. The van der Waals surface area contributed by atoms with E-state index < -0.39 is 5.60 Å². The Bertz CT molecular complexity index is 735. The number of hydrogen-bond donors (Lipinski definition) is 1. The Kier molecular flexibility index (Phi) is 4.58. The van der Waals surface area contributed by atoms with Gasteiger partial charge in [0.25, 0.3) is 0 Å². The summed E-state index contributed by atoms with van der Waals surface area (Å²) in [4.78, 5) is 13.2. The molecular weight excluding hydrogens is 310 g/mol. The lowest BCUT2D eigenvalue weighted by Gasteiger charge is -2.37. The Morgan fingerprint density at radius 3 is 2.52 bits per heavy atom. The zero-order valence-corrected chi connectivity index (χ0v) is 14.6. The van der Waals surface area contributed by atoms with Gasteiger partial charge in [0, 0.05) is 12.8 Å². The summed E-state index contributed by atoms with van der Waals surface area (Å²) in [6.45, 7) is 2.01. The zero-order valence-electron chi connectivity index (χ0n) is 14.6. The largest absolute Gasteiger partial charge is 0.453 e. The second kappa shape index (κ2) is 7.01. The molecule has 0 spiro atoms. The molecule has 1 aliphatic heterocycles. The third-order valence-electron chi connectivity index (χ3n) is 5.75. The van der Waals surface area contributed by atoms with Crippen LogP contribution in [-0.4, -0.2) is 19.1 Å². The molecule has 3 nitrogen and oxygen atoms in total. The highest BCUT2D eigenvalue weighted by molar-refractivity contribution is 5.79. The van der Waals surface area contributed by atoms with Crippen molar-refractivity contribution in [3.8, 4) is 0 Å². The molecule has 1 atom stereocenters. The van der Waals surface area contributed by atoms with Crippen molar-refractivity contribution in [2.24, 2.45) is 0 Å². The van der Waals surface area contributed by atoms with Crippen molar-refractivity contribution < 1.29 is 14.8 Å². The van der Waals surface area contributed by atoms with Gasteiger partial charge in [0.05, 0.1) is 19.0 Å². The SMILES string of the molecule is O=C(OC1(c2ccccc2)CC[NH2+]CC1)C1CCCc2ccccc21. The Hall–Kier alpha value is -2.13. The molecule has 1 fully saturated rings. The van der Waals surface area contributed by atoms with Crippen molar-refractivity contribution in [3.05, 3.63) is 71.3 Å². The number of hydrogen-bond acceptors (Lipinski definition) is 2. The van der Waals surface area contributed by atoms with Crippen LogP contribution in [0, 0.1) is 0 Å². The summed E-state index contributed by atoms with van der Waals surface area (Å²) in [5, 5.41) is 2.31. The summed E-state index contributed by atoms with van der Waals surface area (Å²) in [6, 6.07) is 18.7. The topological polar surface area (TPSA) is 42.9 Å². The van der Waals surface area contributed by atoms with Crippen molar-refractivity contribution in [3.63, 3.8) is 0 Å². The maximum atomic E-state index is 13.2. The second-order valence-electron chi connectivity index (χ2n) is 7.29. The van der Waals surface area contributed by atoms with Gasteiger partial charge < -0.3 is 10.1 Å². The zero-order chi connectivity index (χ0) is 17.1. The monoisotopic (exact) mass is 336 g/mol. The molecule has 2 aliphatic rings. The van der Waals surface area contributed by atoms with Gasteiger partial charge in [-0.3, -0.25) is 4.79 Å². The Labute approximate surface area is 149 Å². The van der Waals surface area contributed by atoms with E-state index in [1.165, 1.54) is 11.1 Å². The fourth-order valence-corrected chi connectivity index (χ4v) is 4.39. The summed E-state index contributed by atoms with van der Waals surface area (Å²) in [5.74, 6) is -0.158. The molecule has 4 rings (SSSR count). The number of aryl methyl sites for hydroxylation is 1. The maximum Gasteiger partial charge on any atom is 0.314 e. The maximum absolute atomic E-state index is 13.2. The minimum absolute atomic E-state index is 0.0436. The smallest absolute Gasteiger partial charge is 0.314 e. The minimum Gasteiger partial charge on any atom is -0.453 e. The van der Waals surface area contributed by atoms with Gasteiger partial charge >= 0.3 is 5.97 Å². The Morgan fingerprint density at radius 1 is 1.00 bits per heavy atom. The number of esters is 1. The van der Waals surface area contributed by atoms with E-state index in [-0.39, 0.29) is 11.9 Å². The minimum atomic E-state index is -0.459.